The van der Waals surface area contributed by atoms with Crippen LogP contribution in [0.15, 0.2) is 0 Å². The summed E-state index contributed by atoms with van der Waals surface area (Å²) in [6.07, 6.45) is 5.71. The van der Waals surface area contributed by atoms with Gasteiger partial charge in [0.25, 0.3) is 0 Å². The molecule has 1 atom stereocenters. The maximum absolute atomic E-state index is 11.8. The molecule has 0 saturated carbocycles. The van der Waals surface area contributed by atoms with Crippen LogP contribution in [0.3, 0.4) is 0 Å². The van der Waals surface area contributed by atoms with Gasteiger partial charge in [0.1, 0.15) is 5.78 Å². The molecule has 0 aromatic heterocycles. The van der Waals surface area contributed by atoms with Gasteiger partial charge in [0, 0.05) is 31.5 Å². The quantitative estimate of drug-likeness (QED) is 0.801. The maximum Gasteiger partial charge on any atom is 0.409 e. The second kappa shape index (κ2) is 8.51. The van der Waals surface area contributed by atoms with E-state index in [0.717, 1.165) is 58.3 Å². The van der Waals surface area contributed by atoms with Crippen molar-refractivity contribution < 1.29 is 14.3 Å². The van der Waals surface area contributed by atoms with Crippen LogP contribution in [0.2, 0.25) is 0 Å². The summed E-state index contributed by atoms with van der Waals surface area (Å²) < 4.78 is 5.11. The van der Waals surface area contributed by atoms with Crippen LogP contribution in [0.1, 0.15) is 52.4 Å². The predicted octanol–water partition coefficient (Wildman–Crippen LogP) is 2.69. The highest BCUT2D eigenvalue weighted by molar-refractivity contribution is 5.80. The smallest absolute Gasteiger partial charge is 0.409 e. The van der Waals surface area contributed by atoms with Crippen molar-refractivity contribution in [3.63, 3.8) is 0 Å². The lowest BCUT2D eigenvalue weighted by Crippen LogP contribution is -2.43. The third-order valence-corrected chi connectivity index (χ3v) is 5.07. The van der Waals surface area contributed by atoms with Gasteiger partial charge in [-0.15, -0.1) is 0 Å². The SMILES string of the molecule is CCOC(=O)N1CCC[C@H](N2CCC(C(=O)CC)CC2)CC1. The fourth-order valence-electron chi connectivity index (χ4n) is 3.72. The Balaban J connectivity index is 1.80. The van der Waals surface area contributed by atoms with E-state index in [-0.39, 0.29) is 12.0 Å². The molecule has 1 amide bonds. The van der Waals surface area contributed by atoms with Gasteiger partial charge in [-0.3, -0.25) is 4.79 Å². The van der Waals surface area contributed by atoms with Crippen molar-refractivity contribution in [2.24, 2.45) is 5.92 Å². The van der Waals surface area contributed by atoms with E-state index in [1.165, 1.54) is 0 Å². The van der Waals surface area contributed by atoms with Gasteiger partial charge in [-0.1, -0.05) is 6.92 Å². The highest BCUT2D eigenvalue weighted by Crippen LogP contribution is 2.25. The second-order valence-corrected chi connectivity index (χ2v) is 6.40. The molecule has 5 heteroatoms. The fourth-order valence-corrected chi connectivity index (χ4v) is 3.72. The lowest BCUT2D eigenvalue weighted by atomic mass is 9.90. The number of rotatable bonds is 4. The number of nitrogens with zero attached hydrogens (tertiary/aromatic N) is 2. The third kappa shape index (κ3) is 4.45. The monoisotopic (exact) mass is 310 g/mol. The zero-order chi connectivity index (χ0) is 15.9. The number of Topliss-reactive ketones (excluding diaryl/α,β-unsaturated/α-hetero) is 1. The Morgan fingerprint density at radius 3 is 2.36 bits per heavy atom. The standard InChI is InChI=1S/C17H30N2O3/c1-3-16(20)14-7-11-18(12-8-14)15-6-5-10-19(13-9-15)17(21)22-4-2/h14-15H,3-13H2,1-2H3/t15-/m0/s1. The maximum atomic E-state index is 11.8. The fraction of sp³-hybridized carbons (Fsp3) is 0.882. The molecule has 2 aliphatic rings. The van der Waals surface area contributed by atoms with Gasteiger partial charge in [0.15, 0.2) is 0 Å². The number of likely N-dealkylation sites (tertiary alicyclic amines) is 2. The van der Waals surface area contributed by atoms with E-state index in [0.29, 0.717) is 24.9 Å². The highest BCUT2D eigenvalue weighted by Gasteiger charge is 2.30. The summed E-state index contributed by atoms with van der Waals surface area (Å²) in [7, 11) is 0. The number of hydrogen-bond donors (Lipinski definition) is 0. The molecule has 2 fully saturated rings. The molecule has 2 heterocycles. The van der Waals surface area contributed by atoms with Gasteiger partial charge >= 0.3 is 6.09 Å². The molecule has 2 saturated heterocycles. The predicted molar refractivity (Wildman–Crippen MR) is 85.8 cm³/mol. The Morgan fingerprint density at radius 1 is 1.00 bits per heavy atom. The van der Waals surface area contributed by atoms with Gasteiger partial charge in [-0.2, -0.15) is 0 Å². The van der Waals surface area contributed by atoms with Crippen molar-refractivity contribution in [2.45, 2.75) is 58.4 Å². The summed E-state index contributed by atoms with van der Waals surface area (Å²) in [5.74, 6) is 0.706. The molecule has 22 heavy (non-hydrogen) atoms. The minimum atomic E-state index is -0.171. The molecule has 0 spiro atoms. The summed E-state index contributed by atoms with van der Waals surface area (Å²) in [4.78, 5) is 28.0. The largest absolute Gasteiger partial charge is 0.450 e. The van der Waals surface area contributed by atoms with Gasteiger partial charge in [0.2, 0.25) is 0 Å². The lowest BCUT2D eigenvalue weighted by molar-refractivity contribution is -0.124. The summed E-state index contributed by atoms with van der Waals surface area (Å²) in [5, 5.41) is 0. The minimum Gasteiger partial charge on any atom is -0.450 e. The van der Waals surface area contributed by atoms with E-state index >= 15 is 0 Å². The van der Waals surface area contributed by atoms with E-state index in [1.807, 2.05) is 18.7 Å². The normalized spacial score (nSPS) is 24.8. The Morgan fingerprint density at radius 2 is 1.73 bits per heavy atom. The van der Waals surface area contributed by atoms with E-state index in [1.54, 1.807) is 0 Å². The number of hydrogen-bond acceptors (Lipinski definition) is 4. The Kier molecular flexibility index (Phi) is 6.68. The topological polar surface area (TPSA) is 49.9 Å². The Labute approximate surface area is 134 Å². The first-order valence-corrected chi connectivity index (χ1v) is 8.84. The van der Waals surface area contributed by atoms with Gasteiger partial charge in [-0.25, -0.2) is 4.79 Å². The van der Waals surface area contributed by atoms with Crippen LogP contribution in [0.4, 0.5) is 4.79 Å². The summed E-state index contributed by atoms with van der Waals surface area (Å²) in [5.41, 5.74) is 0. The van der Waals surface area contributed by atoms with E-state index < -0.39 is 0 Å². The van der Waals surface area contributed by atoms with Crippen molar-refractivity contribution in [1.29, 1.82) is 0 Å². The van der Waals surface area contributed by atoms with E-state index in [2.05, 4.69) is 4.90 Å². The van der Waals surface area contributed by atoms with Crippen LogP contribution in [0, 0.1) is 5.92 Å². The molecule has 0 radical (unpaired) electrons. The molecule has 2 aliphatic heterocycles. The summed E-state index contributed by atoms with van der Waals surface area (Å²) in [6, 6.07) is 0.553. The Hall–Kier alpha value is -1.10. The summed E-state index contributed by atoms with van der Waals surface area (Å²) >= 11 is 0. The van der Waals surface area contributed by atoms with Gasteiger partial charge < -0.3 is 14.5 Å². The number of ketones is 1. The average Bonchev–Trinajstić information content (AvgIpc) is 2.80. The van der Waals surface area contributed by atoms with Crippen LogP contribution in [-0.4, -0.2) is 60.5 Å². The third-order valence-electron chi connectivity index (χ3n) is 5.07. The molecule has 2 rings (SSSR count). The van der Waals surface area contributed by atoms with Gasteiger partial charge in [-0.05, 0) is 52.1 Å². The Bertz CT molecular complexity index is 378. The van der Waals surface area contributed by atoms with Crippen LogP contribution < -0.4 is 0 Å². The van der Waals surface area contributed by atoms with Crippen LogP contribution >= 0.6 is 0 Å². The van der Waals surface area contributed by atoms with E-state index in [9.17, 15) is 9.59 Å². The van der Waals surface area contributed by atoms with Crippen molar-refractivity contribution in [3.05, 3.63) is 0 Å². The first kappa shape index (κ1) is 17.3. The number of amides is 1. The molecular weight excluding hydrogens is 280 g/mol. The van der Waals surface area contributed by atoms with Crippen molar-refractivity contribution in [3.8, 4) is 0 Å². The molecule has 126 valence electrons. The zero-order valence-corrected chi connectivity index (χ0v) is 14.1. The molecule has 0 unspecified atom stereocenters. The number of ether oxygens (including phenoxy) is 1. The van der Waals surface area contributed by atoms with Gasteiger partial charge in [0.05, 0.1) is 6.61 Å². The molecule has 0 N–H and O–H groups in total. The van der Waals surface area contributed by atoms with E-state index in [4.69, 9.17) is 4.74 Å². The zero-order valence-electron chi connectivity index (χ0n) is 14.1. The summed E-state index contributed by atoms with van der Waals surface area (Å²) in [6.45, 7) is 7.90. The van der Waals surface area contributed by atoms with Crippen molar-refractivity contribution >= 4 is 11.9 Å². The van der Waals surface area contributed by atoms with Crippen LogP contribution in [0.25, 0.3) is 0 Å². The molecule has 5 nitrogen and oxygen atoms in total. The lowest BCUT2D eigenvalue weighted by Gasteiger charge is -2.36. The minimum absolute atomic E-state index is 0.171. The number of carbonyl (C=O) groups is 2. The molecule has 0 aromatic carbocycles. The molecule has 0 aromatic rings. The van der Waals surface area contributed by atoms with Crippen LogP contribution in [0.5, 0.6) is 0 Å². The average molecular weight is 310 g/mol. The number of carbonyl (C=O) groups excluding carboxylic acids is 2. The molecular formula is C17H30N2O3. The van der Waals surface area contributed by atoms with Crippen LogP contribution in [-0.2, 0) is 9.53 Å². The first-order chi connectivity index (χ1) is 10.7. The van der Waals surface area contributed by atoms with Crippen molar-refractivity contribution in [2.75, 3.05) is 32.8 Å². The van der Waals surface area contributed by atoms with Crippen molar-refractivity contribution in [1.82, 2.24) is 9.80 Å². The highest BCUT2D eigenvalue weighted by atomic mass is 16.6. The first-order valence-electron chi connectivity index (χ1n) is 8.84. The molecule has 0 aliphatic carbocycles. The number of piperidine rings is 1. The molecule has 0 bridgehead atoms. The second-order valence-electron chi connectivity index (χ2n) is 6.40.